The van der Waals surface area contributed by atoms with Crippen molar-refractivity contribution in [1.82, 2.24) is 37.2 Å². The zero-order valence-corrected chi connectivity index (χ0v) is 39.3. The van der Waals surface area contributed by atoms with Gasteiger partial charge in [0.2, 0.25) is 47.3 Å². The standard InChI is InChI=1S/C41H71N9O14S/c1-9-20(6)31(38(60)45-25(13-15-29(52)53)36(58)49-33(22(8)11-3)40(62)47-27(18-65)41(63)64)50-37(59)26(16-19(4)5)46-39(61)32(21(7)10-2)48-35(57)24(12-14-28(43)51)44-34(56)23(42)17-30(54)55/h19-27,31-33,65H,9-18,42H2,1-8H3,(H2,43,51)(H,44,56)(H,45,60)(H,46,61)(H,47,62)(H,48,57)(H,49,58)(H,50,59)(H,52,53)(H,54,55)(H,63,64)/t20-,21-,22-,23-,24-,25-,26-,27-,31-,32-,33-/m0/s1. The Bertz CT molecular complexity index is 1680. The van der Waals surface area contributed by atoms with Crippen molar-refractivity contribution in [2.24, 2.45) is 35.1 Å². The van der Waals surface area contributed by atoms with Crippen LogP contribution in [0.25, 0.3) is 0 Å². The molecule has 65 heavy (non-hydrogen) atoms. The van der Waals surface area contributed by atoms with E-state index in [0.717, 1.165) is 0 Å². The molecule has 0 aliphatic carbocycles. The van der Waals surface area contributed by atoms with Gasteiger partial charge >= 0.3 is 17.9 Å². The molecule has 0 saturated carbocycles. The number of nitrogens with two attached hydrogens (primary N) is 2. The molecule has 0 spiro atoms. The number of carboxylic acids is 3. The third-order valence-corrected chi connectivity index (χ3v) is 11.2. The van der Waals surface area contributed by atoms with E-state index in [0.29, 0.717) is 19.3 Å². The first kappa shape index (κ1) is 59.5. The van der Waals surface area contributed by atoms with E-state index in [4.69, 9.17) is 16.6 Å². The van der Waals surface area contributed by atoms with Crippen LogP contribution < -0.4 is 48.7 Å². The Morgan fingerprint density at radius 3 is 1.17 bits per heavy atom. The van der Waals surface area contributed by atoms with E-state index in [-0.39, 0.29) is 30.9 Å². The summed E-state index contributed by atoms with van der Waals surface area (Å²) < 4.78 is 0. The minimum atomic E-state index is -1.55. The van der Waals surface area contributed by atoms with Crippen LogP contribution >= 0.6 is 12.6 Å². The zero-order chi connectivity index (χ0) is 50.3. The van der Waals surface area contributed by atoms with Crippen LogP contribution in [0.2, 0.25) is 0 Å². The number of amides is 8. The normalized spacial score (nSPS) is 16.2. The molecule has 0 radical (unpaired) electrons. The molecule has 0 aromatic carbocycles. The van der Waals surface area contributed by atoms with Gasteiger partial charge in [-0.15, -0.1) is 0 Å². The van der Waals surface area contributed by atoms with E-state index in [1.807, 2.05) is 0 Å². The van der Waals surface area contributed by atoms with E-state index in [2.05, 4.69) is 49.8 Å². The lowest BCUT2D eigenvalue weighted by molar-refractivity contribution is -0.142. The lowest BCUT2D eigenvalue weighted by Gasteiger charge is -2.31. The van der Waals surface area contributed by atoms with Gasteiger partial charge in [-0.05, 0) is 42.9 Å². The Hall–Kier alpha value is -5.52. The van der Waals surface area contributed by atoms with Gasteiger partial charge < -0.3 is 64.0 Å². The average molecular weight is 946 g/mol. The molecule has 24 heteroatoms. The topological polar surface area (TPSA) is 385 Å². The molecule has 23 nitrogen and oxygen atoms in total. The van der Waals surface area contributed by atoms with E-state index < -0.39 is 151 Å². The molecule has 11 atom stereocenters. The number of nitrogens with one attached hydrogen (secondary N) is 7. The maximum atomic E-state index is 14.1. The van der Waals surface area contributed by atoms with Gasteiger partial charge in [0.05, 0.1) is 12.5 Å². The summed E-state index contributed by atoms with van der Waals surface area (Å²) in [7, 11) is 0. The highest BCUT2D eigenvalue weighted by atomic mass is 32.1. The fourth-order valence-electron chi connectivity index (χ4n) is 6.19. The highest BCUT2D eigenvalue weighted by Gasteiger charge is 2.37. The van der Waals surface area contributed by atoms with Gasteiger partial charge in [-0.25, -0.2) is 4.79 Å². The van der Waals surface area contributed by atoms with Gasteiger partial charge in [0.1, 0.15) is 42.3 Å². The van der Waals surface area contributed by atoms with Crippen molar-refractivity contribution in [3.05, 3.63) is 0 Å². The summed E-state index contributed by atoms with van der Waals surface area (Å²) >= 11 is 3.95. The van der Waals surface area contributed by atoms with Gasteiger partial charge in [0.15, 0.2) is 0 Å². The second-order valence-electron chi connectivity index (χ2n) is 16.7. The molecule has 0 rings (SSSR count). The number of carbonyl (C=O) groups is 11. The molecule has 0 aromatic heterocycles. The second kappa shape index (κ2) is 29.8. The number of thiol groups is 1. The molecule has 0 bridgehead atoms. The molecular formula is C41H71N9O14S. The number of rotatable bonds is 32. The molecule has 0 fully saturated rings. The van der Waals surface area contributed by atoms with Gasteiger partial charge in [-0.1, -0.05) is 74.7 Å². The highest BCUT2D eigenvalue weighted by Crippen LogP contribution is 2.16. The largest absolute Gasteiger partial charge is 0.481 e. The van der Waals surface area contributed by atoms with Crippen LogP contribution in [-0.4, -0.2) is 135 Å². The first-order valence-electron chi connectivity index (χ1n) is 21.7. The van der Waals surface area contributed by atoms with Crippen LogP contribution in [0.15, 0.2) is 0 Å². The molecule has 8 amide bonds. The maximum Gasteiger partial charge on any atom is 0.327 e. The van der Waals surface area contributed by atoms with E-state index in [1.54, 1.807) is 55.4 Å². The fraction of sp³-hybridized carbons (Fsp3) is 0.732. The summed E-state index contributed by atoms with van der Waals surface area (Å²) in [5.74, 6) is -13.3. The second-order valence-corrected chi connectivity index (χ2v) is 17.0. The molecule has 14 N–H and O–H groups in total. The van der Waals surface area contributed by atoms with Crippen molar-refractivity contribution in [1.29, 1.82) is 0 Å². The van der Waals surface area contributed by atoms with E-state index in [1.165, 1.54) is 0 Å². The van der Waals surface area contributed by atoms with Crippen molar-refractivity contribution >= 4 is 77.8 Å². The van der Waals surface area contributed by atoms with Gasteiger partial charge in [-0.2, -0.15) is 12.6 Å². The molecule has 0 aliphatic heterocycles. The average Bonchev–Trinajstić information content (AvgIpc) is 3.23. The quantitative estimate of drug-likeness (QED) is 0.0342. The number of aliphatic carboxylic acids is 3. The molecule has 0 aliphatic rings. The zero-order valence-electron chi connectivity index (χ0n) is 38.4. The first-order valence-corrected chi connectivity index (χ1v) is 22.3. The molecular weight excluding hydrogens is 875 g/mol. The predicted molar refractivity (Wildman–Crippen MR) is 238 cm³/mol. The van der Waals surface area contributed by atoms with Crippen LogP contribution in [0.1, 0.15) is 113 Å². The fourth-order valence-corrected chi connectivity index (χ4v) is 6.44. The minimum Gasteiger partial charge on any atom is -0.481 e. The van der Waals surface area contributed by atoms with Crippen molar-refractivity contribution < 1.29 is 68.1 Å². The first-order chi connectivity index (χ1) is 30.2. The predicted octanol–water partition coefficient (Wildman–Crippen LogP) is -1.49. The smallest absolute Gasteiger partial charge is 0.327 e. The Morgan fingerprint density at radius 1 is 0.492 bits per heavy atom. The minimum absolute atomic E-state index is 0.0328. The van der Waals surface area contributed by atoms with Crippen LogP contribution in [0.5, 0.6) is 0 Å². The van der Waals surface area contributed by atoms with E-state index in [9.17, 15) is 63.0 Å². The van der Waals surface area contributed by atoms with Crippen LogP contribution in [0.4, 0.5) is 0 Å². The molecule has 0 aromatic rings. The number of carboxylic acid groups (broad SMARTS) is 3. The molecule has 0 heterocycles. The third-order valence-electron chi connectivity index (χ3n) is 10.8. The molecule has 0 saturated heterocycles. The lowest BCUT2D eigenvalue weighted by atomic mass is 9.94. The Morgan fingerprint density at radius 2 is 0.846 bits per heavy atom. The SMILES string of the molecule is CC[C@H](C)[C@H](NC(=O)[C@H](CCC(=O)O)NC(=O)[C@@H](NC(=O)[C@H](CC(C)C)NC(=O)[C@@H](NC(=O)[C@H](CCC(N)=O)NC(=O)[C@@H](N)CC(=O)O)[C@@H](C)CC)[C@@H](C)CC)C(=O)N[C@@H](CS)C(=O)O. The summed E-state index contributed by atoms with van der Waals surface area (Å²) in [5.41, 5.74) is 10.9. The number of hydrogen-bond acceptors (Lipinski definition) is 13. The van der Waals surface area contributed by atoms with Crippen LogP contribution in [-0.2, 0) is 52.7 Å². The maximum absolute atomic E-state index is 14.1. The van der Waals surface area contributed by atoms with Crippen LogP contribution in [0.3, 0.4) is 0 Å². The van der Waals surface area contributed by atoms with Crippen LogP contribution in [0, 0.1) is 23.7 Å². The Kier molecular flexibility index (Phi) is 27.3. The van der Waals surface area contributed by atoms with Crippen molar-refractivity contribution in [2.75, 3.05) is 5.75 Å². The highest BCUT2D eigenvalue weighted by molar-refractivity contribution is 7.80. The van der Waals surface area contributed by atoms with Gasteiger partial charge in [0.25, 0.3) is 0 Å². The summed E-state index contributed by atoms with van der Waals surface area (Å²) in [4.78, 5) is 141. The summed E-state index contributed by atoms with van der Waals surface area (Å²) in [5, 5.41) is 45.4. The lowest BCUT2D eigenvalue weighted by Crippen LogP contribution is -2.62. The molecule has 370 valence electrons. The van der Waals surface area contributed by atoms with Crippen molar-refractivity contribution in [3.8, 4) is 0 Å². The van der Waals surface area contributed by atoms with Crippen molar-refractivity contribution in [2.45, 2.75) is 162 Å². The third kappa shape index (κ3) is 21.8. The Balaban J connectivity index is 6.66. The van der Waals surface area contributed by atoms with Crippen molar-refractivity contribution in [3.63, 3.8) is 0 Å². The Labute approximate surface area is 384 Å². The van der Waals surface area contributed by atoms with E-state index >= 15 is 0 Å². The van der Waals surface area contributed by atoms with Gasteiger partial charge in [-0.3, -0.25) is 47.9 Å². The summed E-state index contributed by atoms with van der Waals surface area (Å²) in [6.45, 7) is 13.6. The number of primary amides is 1. The number of hydrogen-bond donors (Lipinski definition) is 13. The summed E-state index contributed by atoms with van der Waals surface area (Å²) in [6.07, 6.45) is -1.46. The summed E-state index contributed by atoms with van der Waals surface area (Å²) in [6, 6.07) is -11.2. The molecule has 0 unspecified atom stereocenters. The monoisotopic (exact) mass is 945 g/mol. The van der Waals surface area contributed by atoms with Gasteiger partial charge in [0, 0.05) is 18.6 Å². The number of carbonyl (C=O) groups excluding carboxylic acids is 8.